The van der Waals surface area contributed by atoms with Crippen molar-refractivity contribution >= 4 is 45.2 Å². The molecular weight excluding hydrogens is 368 g/mol. The maximum absolute atomic E-state index is 12.0. The fourth-order valence-electron chi connectivity index (χ4n) is 2.13. The minimum atomic E-state index is -0.495. The highest BCUT2D eigenvalue weighted by Crippen LogP contribution is 2.31. The van der Waals surface area contributed by atoms with Crippen molar-refractivity contribution in [1.29, 1.82) is 0 Å². The third kappa shape index (κ3) is 4.62. The molecule has 7 heteroatoms. The summed E-state index contributed by atoms with van der Waals surface area (Å²) in [6, 6.07) is 15.3. The zero-order valence-electron chi connectivity index (χ0n) is 14.5. The number of ether oxygens (including phenoxy) is 1. The van der Waals surface area contributed by atoms with Gasteiger partial charge in [-0.3, -0.25) is 4.79 Å². The molecule has 2 aromatic carbocycles. The molecule has 0 aliphatic heterocycles. The number of esters is 1. The molecule has 0 radical (unpaired) electrons. The fraction of sp³-hybridized carbons (Fsp3) is 0.211. The molecule has 0 spiro atoms. The summed E-state index contributed by atoms with van der Waals surface area (Å²) in [6.45, 7) is -0.249. The van der Waals surface area contributed by atoms with Crippen molar-refractivity contribution in [3.63, 3.8) is 0 Å². The Morgan fingerprint density at radius 1 is 1.12 bits per heavy atom. The van der Waals surface area contributed by atoms with Crippen molar-refractivity contribution in [3.05, 3.63) is 59.7 Å². The molecule has 134 valence electrons. The number of thiazole rings is 1. The van der Waals surface area contributed by atoms with Crippen LogP contribution in [-0.2, 0) is 15.3 Å². The molecule has 0 unspecified atom stereocenters. The fourth-order valence-corrected chi connectivity index (χ4v) is 4.16. The maximum atomic E-state index is 12.0. The zero-order valence-corrected chi connectivity index (χ0v) is 16.1. The van der Waals surface area contributed by atoms with E-state index in [-0.39, 0.29) is 12.5 Å². The van der Waals surface area contributed by atoms with Crippen molar-refractivity contribution in [1.82, 2.24) is 9.88 Å². The Labute approximate surface area is 160 Å². The first kappa shape index (κ1) is 18.4. The summed E-state index contributed by atoms with van der Waals surface area (Å²) in [5.74, 6) is 0.0293. The van der Waals surface area contributed by atoms with E-state index in [1.165, 1.54) is 9.60 Å². The lowest BCUT2D eigenvalue weighted by molar-refractivity contribution is -0.131. The quantitative estimate of drug-likeness (QED) is 0.476. The number of hydrogen-bond acceptors (Lipinski definition) is 6. The van der Waals surface area contributed by atoms with Gasteiger partial charge < -0.3 is 9.64 Å². The Kier molecular flexibility index (Phi) is 5.90. The number of hydrogen-bond donors (Lipinski definition) is 0. The summed E-state index contributed by atoms with van der Waals surface area (Å²) in [7, 11) is 3.24. The molecule has 0 saturated heterocycles. The molecule has 0 aliphatic rings. The molecule has 5 nitrogen and oxygen atoms in total. The molecule has 0 atom stereocenters. The lowest BCUT2D eigenvalue weighted by Crippen LogP contribution is -2.27. The third-order valence-corrected chi connectivity index (χ3v) is 5.90. The van der Waals surface area contributed by atoms with Crippen LogP contribution in [0.2, 0.25) is 0 Å². The Balaban J connectivity index is 1.55. The molecule has 0 fully saturated rings. The molecule has 0 bridgehead atoms. The summed E-state index contributed by atoms with van der Waals surface area (Å²) in [5, 5.41) is 0. The van der Waals surface area contributed by atoms with Crippen LogP contribution in [0.3, 0.4) is 0 Å². The first-order valence-corrected chi connectivity index (χ1v) is 9.78. The Hall–Kier alpha value is -2.38. The highest BCUT2D eigenvalue weighted by Gasteiger charge is 2.11. The molecule has 26 heavy (non-hydrogen) atoms. The molecule has 3 aromatic rings. The van der Waals surface area contributed by atoms with Gasteiger partial charge in [0.15, 0.2) is 10.9 Å². The molecule has 0 saturated carbocycles. The van der Waals surface area contributed by atoms with Gasteiger partial charge in [0.2, 0.25) is 0 Å². The Morgan fingerprint density at radius 2 is 1.85 bits per heavy atom. The van der Waals surface area contributed by atoms with Gasteiger partial charge >= 0.3 is 5.97 Å². The van der Waals surface area contributed by atoms with Crippen LogP contribution in [0.5, 0.6) is 0 Å². The van der Waals surface area contributed by atoms with E-state index >= 15 is 0 Å². The highest BCUT2D eigenvalue weighted by atomic mass is 32.2. The van der Waals surface area contributed by atoms with Crippen molar-refractivity contribution in [2.45, 2.75) is 10.1 Å². The normalized spacial score (nSPS) is 10.7. The van der Waals surface area contributed by atoms with Crippen LogP contribution in [0.25, 0.3) is 10.2 Å². The average Bonchev–Trinajstić information content (AvgIpc) is 3.07. The molecular formula is C19H18N2O3S2. The number of carbonyl (C=O) groups is 2. The number of benzene rings is 2. The van der Waals surface area contributed by atoms with Crippen molar-refractivity contribution < 1.29 is 14.3 Å². The van der Waals surface area contributed by atoms with E-state index in [2.05, 4.69) is 11.1 Å². The topological polar surface area (TPSA) is 59.5 Å². The van der Waals surface area contributed by atoms with Gasteiger partial charge in [-0.2, -0.15) is 0 Å². The molecule has 1 aromatic heterocycles. The Morgan fingerprint density at radius 3 is 2.54 bits per heavy atom. The number of thioether (sulfide) groups is 1. The largest absolute Gasteiger partial charge is 0.452 e. The number of fused-ring (bicyclic) bond motifs is 1. The van der Waals surface area contributed by atoms with Crippen molar-refractivity contribution in [2.24, 2.45) is 0 Å². The minimum absolute atomic E-state index is 0.248. The number of aromatic nitrogens is 1. The van der Waals surface area contributed by atoms with Crippen LogP contribution < -0.4 is 0 Å². The molecule has 3 rings (SSSR count). The average molecular weight is 386 g/mol. The predicted molar refractivity (Wildman–Crippen MR) is 105 cm³/mol. The van der Waals surface area contributed by atoms with E-state index in [0.29, 0.717) is 5.56 Å². The first-order valence-electron chi connectivity index (χ1n) is 7.97. The second-order valence-electron chi connectivity index (χ2n) is 5.80. The van der Waals surface area contributed by atoms with Crippen molar-refractivity contribution in [3.8, 4) is 0 Å². The van der Waals surface area contributed by atoms with Gasteiger partial charge in [0.25, 0.3) is 5.91 Å². The molecule has 1 heterocycles. The number of para-hydroxylation sites is 1. The van der Waals surface area contributed by atoms with Gasteiger partial charge in [0.05, 0.1) is 15.8 Å². The van der Waals surface area contributed by atoms with Gasteiger partial charge in [0.1, 0.15) is 0 Å². The van der Waals surface area contributed by atoms with Crippen LogP contribution in [0, 0.1) is 0 Å². The van der Waals surface area contributed by atoms with Gasteiger partial charge in [-0.15, -0.1) is 11.3 Å². The second kappa shape index (κ2) is 8.33. The van der Waals surface area contributed by atoms with Crippen LogP contribution in [0.4, 0.5) is 0 Å². The standard InChI is InChI=1S/C19H18N2O3S2/c1-21(2)17(22)11-24-18(23)14-9-7-13(8-10-14)12-25-19-20-15-5-3-4-6-16(15)26-19/h3-10H,11-12H2,1-2H3. The predicted octanol–water partition coefficient (Wildman–Crippen LogP) is 3.83. The number of rotatable bonds is 6. The molecule has 1 amide bonds. The highest BCUT2D eigenvalue weighted by molar-refractivity contribution is 8.00. The Bertz CT molecular complexity index is 887. The molecule has 0 aliphatic carbocycles. The van der Waals surface area contributed by atoms with Gasteiger partial charge in [-0.1, -0.05) is 36.0 Å². The summed E-state index contributed by atoms with van der Waals surface area (Å²) < 4.78 is 7.22. The zero-order chi connectivity index (χ0) is 18.5. The van der Waals surface area contributed by atoms with E-state index < -0.39 is 5.97 Å². The summed E-state index contributed by atoms with van der Waals surface area (Å²) >= 11 is 3.35. The van der Waals surface area contributed by atoms with Crippen molar-refractivity contribution in [2.75, 3.05) is 20.7 Å². The third-order valence-electron chi connectivity index (χ3n) is 3.65. The van der Waals surface area contributed by atoms with Gasteiger partial charge in [-0.25, -0.2) is 9.78 Å². The number of nitrogens with zero attached hydrogens (tertiary/aromatic N) is 2. The van der Waals surface area contributed by atoms with E-state index in [1.807, 2.05) is 30.3 Å². The van der Waals surface area contributed by atoms with Gasteiger partial charge in [-0.05, 0) is 29.8 Å². The summed E-state index contributed by atoms with van der Waals surface area (Å²) in [5.41, 5.74) is 2.55. The van der Waals surface area contributed by atoms with Gasteiger partial charge in [0, 0.05) is 19.8 Å². The SMILES string of the molecule is CN(C)C(=O)COC(=O)c1ccc(CSc2nc3ccccc3s2)cc1. The maximum Gasteiger partial charge on any atom is 0.338 e. The smallest absolute Gasteiger partial charge is 0.338 e. The minimum Gasteiger partial charge on any atom is -0.452 e. The van der Waals surface area contributed by atoms with Crippen LogP contribution >= 0.6 is 23.1 Å². The van der Waals surface area contributed by atoms with Crippen LogP contribution in [-0.4, -0.2) is 42.5 Å². The van der Waals surface area contributed by atoms with E-state index in [1.54, 1.807) is 49.3 Å². The number of likely N-dealkylation sites (N-methyl/N-ethyl adjacent to an activating group) is 1. The van der Waals surface area contributed by atoms with E-state index in [0.717, 1.165) is 21.2 Å². The van der Waals surface area contributed by atoms with E-state index in [4.69, 9.17) is 4.74 Å². The lowest BCUT2D eigenvalue weighted by Gasteiger charge is -2.10. The van der Waals surface area contributed by atoms with Crippen LogP contribution in [0.15, 0.2) is 52.9 Å². The van der Waals surface area contributed by atoms with E-state index in [9.17, 15) is 9.59 Å². The summed E-state index contributed by atoms with van der Waals surface area (Å²) in [4.78, 5) is 29.4. The second-order valence-corrected chi connectivity index (χ2v) is 8.05. The van der Waals surface area contributed by atoms with Crippen LogP contribution in [0.1, 0.15) is 15.9 Å². The first-order chi connectivity index (χ1) is 12.5. The number of amides is 1. The monoisotopic (exact) mass is 386 g/mol. The lowest BCUT2D eigenvalue weighted by atomic mass is 10.1. The summed E-state index contributed by atoms with van der Waals surface area (Å²) in [6.07, 6.45) is 0. The number of carbonyl (C=O) groups excluding carboxylic acids is 2. The molecule has 0 N–H and O–H groups in total.